The van der Waals surface area contributed by atoms with Gasteiger partial charge in [-0.3, -0.25) is 14.7 Å². The fourth-order valence-electron chi connectivity index (χ4n) is 3.92. The van der Waals surface area contributed by atoms with Gasteiger partial charge >= 0.3 is 0 Å². The highest BCUT2D eigenvalue weighted by molar-refractivity contribution is 7.89. The maximum Gasteiger partial charge on any atom is 0.260 e. The Bertz CT molecular complexity index is 1470. The van der Waals surface area contributed by atoms with Crippen LogP contribution in [0.2, 0.25) is 0 Å². The summed E-state index contributed by atoms with van der Waals surface area (Å²) in [4.78, 5) is 24.4. The van der Waals surface area contributed by atoms with Crippen LogP contribution in [0.15, 0.2) is 65.8 Å². The van der Waals surface area contributed by atoms with E-state index in [1.165, 1.54) is 27.8 Å². The molecule has 36 heavy (non-hydrogen) atoms. The minimum Gasteiger partial charge on any atom is -0.494 e. The highest BCUT2D eigenvalue weighted by Crippen LogP contribution is 2.37. The predicted molar refractivity (Wildman–Crippen MR) is 142 cm³/mol. The number of hydrogen-bond donors (Lipinski definition) is 0. The normalized spacial score (nSPS) is 11.7. The number of nitrogens with zero attached hydrogens (tertiary/aromatic N) is 4. The third-order valence-electron chi connectivity index (χ3n) is 5.90. The van der Waals surface area contributed by atoms with Crippen LogP contribution < -0.4 is 9.64 Å². The van der Waals surface area contributed by atoms with Crippen LogP contribution in [0.3, 0.4) is 0 Å². The lowest BCUT2D eigenvalue weighted by Crippen LogP contribution is -2.31. The molecule has 0 spiro atoms. The van der Waals surface area contributed by atoms with Gasteiger partial charge in [-0.2, -0.15) is 4.31 Å². The molecule has 2 aromatic carbocycles. The molecule has 2 aromatic heterocycles. The Morgan fingerprint density at radius 3 is 2.39 bits per heavy atom. The lowest BCUT2D eigenvalue weighted by molar-refractivity contribution is 0.0985. The second-order valence-corrected chi connectivity index (χ2v) is 11.0. The molecule has 188 valence electrons. The standard InChI is InChI=1S/C26H28N4O4S2/c1-5-29(6-2)36(32,33)21-12-10-20(11-13-21)25(31)30(17-19-8-7-15-27-16-19)26-28-23-22(34-4)14-9-18(3)24(23)35-26/h7-16H,5-6,17H2,1-4H3. The number of benzene rings is 2. The SMILES string of the molecule is CCN(CC)S(=O)(=O)c1ccc(C(=O)N(Cc2cccnc2)c2nc3c(OC)ccc(C)c3s2)cc1. The highest BCUT2D eigenvalue weighted by Gasteiger charge is 2.25. The summed E-state index contributed by atoms with van der Waals surface area (Å²) in [5.74, 6) is 0.346. The van der Waals surface area contributed by atoms with E-state index in [0.29, 0.717) is 35.1 Å². The van der Waals surface area contributed by atoms with E-state index in [1.807, 2.05) is 31.2 Å². The van der Waals surface area contributed by atoms with Crippen molar-refractivity contribution in [1.29, 1.82) is 0 Å². The molecule has 0 aliphatic rings. The Balaban J connectivity index is 1.75. The molecule has 0 saturated carbocycles. The summed E-state index contributed by atoms with van der Waals surface area (Å²) in [5.41, 5.74) is 2.94. The lowest BCUT2D eigenvalue weighted by Gasteiger charge is -2.21. The van der Waals surface area contributed by atoms with Gasteiger partial charge in [0.15, 0.2) is 5.13 Å². The van der Waals surface area contributed by atoms with Gasteiger partial charge in [-0.15, -0.1) is 0 Å². The van der Waals surface area contributed by atoms with Gasteiger partial charge in [0.25, 0.3) is 5.91 Å². The minimum atomic E-state index is -3.62. The van der Waals surface area contributed by atoms with Gasteiger partial charge in [0.2, 0.25) is 10.0 Å². The zero-order valence-corrected chi connectivity index (χ0v) is 22.3. The molecule has 4 rings (SSSR count). The van der Waals surface area contributed by atoms with Crippen LogP contribution in [-0.4, -0.2) is 48.8 Å². The number of hydrogen-bond acceptors (Lipinski definition) is 7. The topological polar surface area (TPSA) is 92.7 Å². The van der Waals surface area contributed by atoms with Gasteiger partial charge in [0.1, 0.15) is 11.3 Å². The minimum absolute atomic E-state index is 0.155. The molecule has 8 nitrogen and oxygen atoms in total. The van der Waals surface area contributed by atoms with Crippen molar-refractivity contribution in [3.63, 3.8) is 0 Å². The van der Waals surface area contributed by atoms with Crippen LogP contribution in [-0.2, 0) is 16.6 Å². The van der Waals surface area contributed by atoms with Crippen molar-refractivity contribution in [3.8, 4) is 5.75 Å². The fraction of sp³-hybridized carbons (Fsp3) is 0.269. The first-order chi connectivity index (χ1) is 17.3. The molecule has 4 aromatic rings. The van der Waals surface area contributed by atoms with Crippen LogP contribution in [0.25, 0.3) is 10.2 Å². The van der Waals surface area contributed by atoms with Crippen molar-refractivity contribution in [1.82, 2.24) is 14.3 Å². The number of rotatable bonds is 9. The Labute approximate surface area is 215 Å². The van der Waals surface area contributed by atoms with Crippen LogP contribution in [0.4, 0.5) is 5.13 Å². The van der Waals surface area contributed by atoms with E-state index >= 15 is 0 Å². The third-order valence-corrected chi connectivity index (χ3v) is 9.17. The quantitative estimate of drug-likeness (QED) is 0.310. The molecule has 0 N–H and O–H groups in total. The predicted octanol–water partition coefficient (Wildman–Crippen LogP) is 4.89. The van der Waals surface area contributed by atoms with Gasteiger partial charge in [0, 0.05) is 31.0 Å². The van der Waals surface area contributed by atoms with Crippen molar-refractivity contribution < 1.29 is 17.9 Å². The highest BCUT2D eigenvalue weighted by atomic mass is 32.2. The van der Waals surface area contributed by atoms with E-state index in [0.717, 1.165) is 15.8 Å². The van der Waals surface area contributed by atoms with Crippen molar-refractivity contribution >= 4 is 42.6 Å². The zero-order chi connectivity index (χ0) is 25.9. The maximum absolute atomic E-state index is 13.8. The number of thiazole rings is 1. The van der Waals surface area contributed by atoms with E-state index in [4.69, 9.17) is 9.72 Å². The number of methoxy groups -OCH3 is 1. The van der Waals surface area contributed by atoms with E-state index in [-0.39, 0.29) is 17.3 Å². The number of carbonyl (C=O) groups excluding carboxylic acids is 1. The largest absolute Gasteiger partial charge is 0.494 e. The lowest BCUT2D eigenvalue weighted by atomic mass is 10.2. The summed E-state index contributed by atoms with van der Waals surface area (Å²) in [7, 11) is -2.03. The number of amides is 1. The van der Waals surface area contributed by atoms with E-state index in [2.05, 4.69) is 4.98 Å². The van der Waals surface area contributed by atoms with Gasteiger partial charge in [-0.1, -0.05) is 37.3 Å². The summed E-state index contributed by atoms with van der Waals surface area (Å²) < 4.78 is 33.5. The summed E-state index contributed by atoms with van der Waals surface area (Å²) in [6.07, 6.45) is 3.38. The number of aromatic nitrogens is 2. The molecule has 0 fully saturated rings. The van der Waals surface area contributed by atoms with Crippen LogP contribution >= 0.6 is 11.3 Å². The average molecular weight is 525 g/mol. The Hall–Kier alpha value is -3.34. The van der Waals surface area contributed by atoms with E-state index < -0.39 is 10.0 Å². The first-order valence-electron chi connectivity index (χ1n) is 11.5. The Morgan fingerprint density at radius 2 is 1.78 bits per heavy atom. The number of ether oxygens (including phenoxy) is 1. The van der Waals surface area contributed by atoms with Crippen LogP contribution in [0.5, 0.6) is 5.75 Å². The fourth-order valence-corrected chi connectivity index (χ4v) is 6.42. The summed E-state index contributed by atoms with van der Waals surface area (Å²) in [6.45, 7) is 6.59. The first-order valence-corrected chi connectivity index (χ1v) is 13.8. The zero-order valence-electron chi connectivity index (χ0n) is 20.6. The van der Waals surface area contributed by atoms with Crippen LogP contribution in [0, 0.1) is 6.92 Å². The molecule has 1 amide bonds. The molecule has 0 atom stereocenters. The molecule has 0 saturated heterocycles. The van der Waals surface area contributed by atoms with Gasteiger partial charge < -0.3 is 4.74 Å². The second kappa shape index (κ2) is 10.7. The molecular formula is C26H28N4O4S2. The molecule has 0 bridgehead atoms. The van der Waals surface area contributed by atoms with Crippen LogP contribution in [0.1, 0.15) is 35.3 Å². The third kappa shape index (κ3) is 4.97. The number of anilines is 1. The monoisotopic (exact) mass is 524 g/mol. The number of aryl methyl sites for hydroxylation is 1. The Morgan fingerprint density at radius 1 is 1.06 bits per heavy atom. The average Bonchev–Trinajstić information content (AvgIpc) is 3.34. The molecule has 0 radical (unpaired) electrons. The van der Waals surface area contributed by atoms with Gasteiger partial charge in [-0.25, -0.2) is 13.4 Å². The molecular weight excluding hydrogens is 496 g/mol. The van der Waals surface area contributed by atoms with Gasteiger partial charge in [-0.05, 0) is 54.4 Å². The van der Waals surface area contributed by atoms with Crippen molar-refractivity contribution in [2.45, 2.75) is 32.2 Å². The second-order valence-electron chi connectivity index (χ2n) is 8.13. The van der Waals surface area contributed by atoms with E-state index in [1.54, 1.807) is 50.4 Å². The summed E-state index contributed by atoms with van der Waals surface area (Å²) in [6, 6.07) is 13.6. The van der Waals surface area contributed by atoms with Crippen molar-refractivity contribution in [3.05, 3.63) is 77.6 Å². The number of pyridine rings is 1. The van der Waals surface area contributed by atoms with Gasteiger partial charge in [0.05, 0.1) is 23.2 Å². The molecule has 0 aliphatic heterocycles. The maximum atomic E-state index is 13.8. The molecule has 10 heteroatoms. The first kappa shape index (κ1) is 25.7. The number of sulfonamides is 1. The summed E-state index contributed by atoms with van der Waals surface area (Å²) >= 11 is 1.41. The number of carbonyl (C=O) groups is 1. The smallest absolute Gasteiger partial charge is 0.260 e. The summed E-state index contributed by atoms with van der Waals surface area (Å²) in [5, 5.41) is 0.520. The van der Waals surface area contributed by atoms with Crippen molar-refractivity contribution in [2.75, 3.05) is 25.1 Å². The van der Waals surface area contributed by atoms with E-state index in [9.17, 15) is 13.2 Å². The Kier molecular flexibility index (Phi) is 7.67. The molecule has 0 unspecified atom stereocenters. The molecule has 0 aliphatic carbocycles. The number of fused-ring (bicyclic) bond motifs is 1. The van der Waals surface area contributed by atoms with Crippen molar-refractivity contribution in [2.24, 2.45) is 0 Å². The molecule has 2 heterocycles.